The van der Waals surface area contributed by atoms with E-state index in [4.69, 9.17) is 4.74 Å². The van der Waals surface area contributed by atoms with Crippen LogP contribution in [0.15, 0.2) is 36.4 Å². The summed E-state index contributed by atoms with van der Waals surface area (Å²) >= 11 is 0. The van der Waals surface area contributed by atoms with Gasteiger partial charge < -0.3 is 10.1 Å². The van der Waals surface area contributed by atoms with Gasteiger partial charge in [0.2, 0.25) is 11.7 Å². The molecular formula is C13H12FN3O3. The third-order valence-electron chi connectivity index (χ3n) is 2.42. The number of nitro benzene ring substituents is 1. The second-order valence-electron chi connectivity index (χ2n) is 3.86. The van der Waals surface area contributed by atoms with Gasteiger partial charge in [0.05, 0.1) is 4.92 Å². The largest absolute Gasteiger partial charge is 0.439 e. The average Bonchev–Trinajstić information content (AvgIpc) is 2.39. The maximum Gasteiger partial charge on any atom is 0.305 e. The molecule has 1 N–H and O–H groups in total. The van der Waals surface area contributed by atoms with Gasteiger partial charge in [-0.05, 0) is 19.1 Å². The fraction of sp³-hybridized carbons (Fsp3) is 0.154. The third-order valence-corrected chi connectivity index (χ3v) is 2.42. The van der Waals surface area contributed by atoms with Crippen molar-refractivity contribution in [3.8, 4) is 11.6 Å². The number of nitrogens with zero attached hydrogens (tertiary/aromatic N) is 2. The van der Waals surface area contributed by atoms with Gasteiger partial charge in [0.1, 0.15) is 11.6 Å². The van der Waals surface area contributed by atoms with E-state index in [0.717, 1.165) is 12.1 Å². The van der Waals surface area contributed by atoms with Crippen molar-refractivity contribution in [2.75, 3.05) is 11.9 Å². The highest BCUT2D eigenvalue weighted by Gasteiger charge is 2.14. The molecule has 0 unspecified atom stereocenters. The Hall–Kier alpha value is -2.70. The lowest BCUT2D eigenvalue weighted by atomic mass is 10.3. The molecule has 0 fully saturated rings. The van der Waals surface area contributed by atoms with Crippen molar-refractivity contribution in [1.82, 2.24) is 4.98 Å². The minimum absolute atomic E-state index is 0.147. The molecule has 104 valence electrons. The summed E-state index contributed by atoms with van der Waals surface area (Å²) in [5.74, 6) is 0.105. The number of anilines is 1. The highest BCUT2D eigenvalue weighted by atomic mass is 19.1. The highest BCUT2D eigenvalue weighted by Crippen LogP contribution is 2.26. The fourth-order valence-electron chi connectivity index (χ4n) is 1.57. The van der Waals surface area contributed by atoms with E-state index in [-0.39, 0.29) is 11.6 Å². The number of benzene rings is 1. The molecule has 0 spiro atoms. The summed E-state index contributed by atoms with van der Waals surface area (Å²) in [5.41, 5.74) is -0.591. The first-order valence-electron chi connectivity index (χ1n) is 5.93. The lowest BCUT2D eigenvalue weighted by Gasteiger charge is -2.07. The minimum atomic E-state index is -0.949. The van der Waals surface area contributed by atoms with Crippen LogP contribution in [-0.2, 0) is 0 Å². The quantitative estimate of drug-likeness (QED) is 0.669. The number of halogens is 1. The van der Waals surface area contributed by atoms with Crippen LogP contribution in [0.5, 0.6) is 11.6 Å². The van der Waals surface area contributed by atoms with Gasteiger partial charge in [0, 0.05) is 24.7 Å². The van der Waals surface area contributed by atoms with Crippen LogP contribution in [0.25, 0.3) is 0 Å². The van der Waals surface area contributed by atoms with E-state index in [0.29, 0.717) is 12.4 Å². The first-order valence-corrected chi connectivity index (χ1v) is 5.93. The Kier molecular flexibility index (Phi) is 4.09. The number of hydrogen-bond acceptors (Lipinski definition) is 5. The first-order chi connectivity index (χ1) is 9.60. The van der Waals surface area contributed by atoms with E-state index in [9.17, 15) is 14.5 Å². The summed E-state index contributed by atoms with van der Waals surface area (Å²) in [6, 6.07) is 8.45. The zero-order chi connectivity index (χ0) is 14.5. The Balaban J connectivity index is 2.19. The predicted molar refractivity (Wildman–Crippen MR) is 71.5 cm³/mol. The van der Waals surface area contributed by atoms with Gasteiger partial charge >= 0.3 is 5.69 Å². The number of nitro groups is 1. The van der Waals surface area contributed by atoms with Crippen LogP contribution in [0.2, 0.25) is 0 Å². The molecule has 0 radical (unpaired) electrons. The SMILES string of the molecule is CCNc1cccc(Oc2ccc([N+](=O)[O-])c(F)c2)n1. The molecule has 20 heavy (non-hydrogen) atoms. The molecule has 0 aliphatic rings. The Morgan fingerprint density at radius 1 is 1.40 bits per heavy atom. The summed E-state index contributed by atoms with van der Waals surface area (Å²) < 4.78 is 18.8. The topological polar surface area (TPSA) is 77.3 Å². The molecule has 7 heteroatoms. The molecule has 0 bridgehead atoms. The molecule has 0 saturated heterocycles. The fourth-order valence-corrected chi connectivity index (χ4v) is 1.57. The zero-order valence-corrected chi connectivity index (χ0v) is 10.7. The van der Waals surface area contributed by atoms with Gasteiger partial charge in [-0.3, -0.25) is 10.1 Å². The Morgan fingerprint density at radius 2 is 2.20 bits per heavy atom. The van der Waals surface area contributed by atoms with Crippen LogP contribution in [0.3, 0.4) is 0 Å². The van der Waals surface area contributed by atoms with Gasteiger partial charge in [-0.2, -0.15) is 9.37 Å². The van der Waals surface area contributed by atoms with E-state index in [1.165, 1.54) is 6.07 Å². The van der Waals surface area contributed by atoms with Crippen LogP contribution >= 0.6 is 0 Å². The third kappa shape index (κ3) is 3.19. The van der Waals surface area contributed by atoms with Crippen LogP contribution in [0, 0.1) is 15.9 Å². The summed E-state index contributed by atoms with van der Waals surface area (Å²) in [6.07, 6.45) is 0. The van der Waals surface area contributed by atoms with Crippen molar-refractivity contribution in [1.29, 1.82) is 0 Å². The van der Waals surface area contributed by atoms with Crippen molar-refractivity contribution >= 4 is 11.5 Å². The number of hydrogen-bond donors (Lipinski definition) is 1. The molecule has 1 aromatic heterocycles. The minimum Gasteiger partial charge on any atom is -0.439 e. The Labute approximate surface area is 114 Å². The second kappa shape index (κ2) is 5.96. The number of ether oxygens (including phenoxy) is 1. The molecule has 0 saturated carbocycles. The molecular weight excluding hydrogens is 265 g/mol. The molecule has 0 aliphatic heterocycles. The Bertz CT molecular complexity index is 634. The summed E-state index contributed by atoms with van der Waals surface area (Å²) in [7, 11) is 0. The highest BCUT2D eigenvalue weighted by molar-refractivity contribution is 5.41. The Morgan fingerprint density at radius 3 is 2.85 bits per heavy atom. The molecule has 2 aromatic rings. The molecule has 0 aliphatic carbocycles. The average molecular weight is 277 g/mol. The summed E-state index contributed by atoms with van der Waals surface area (Å²) in [5, 5.41) is 13.5. The molecule has 1 aromatic carbocycles. The van der Waals surface area contributed by atoms with Crippen molar-refractivity contribution in [3.05, 3.63) is 52.3 Å². The lowest BCUT2D eigenvalue weighted by molar-refractivity contribution is -0.387. The summed E-state index contributed by atoms with van der Waals surface area (Å²) in [6.45, 7) is 2.64. The van der Waals surface area contributed by atoms with E-state index in [1.807, 2.05) is 6.92 Å². The summed E-state index contributed by atoms with van der Waals surface area (Å²) in [4.78, 5) is 13.9. The maximum atomic E-state index is 13.4. The van der Waals surface area contributed by atoms with Crippen LogP contribution in [0.1, 0.15) is 6.92 Å². The van der Waals surface area contributed by atoms with Gasteiger partial charge in [0.25, 0.3) is 0 Å². The number of rotatable bonds is 5. The van der Waals surface area contributed by atoms with Gasteiger partial charge in [-0.15, -0.1) is 0 Å². The molecule has 1 heterocycles. The van der Waals surface area contributed by atoms with Crippen LogP contribution < -0.4 is 10.1 Å². The second-order valence-corrected chi connectivity index (χ2v) is 3.86. The van der Waals surface area contributed by atoms with Crippen molar-refractivity contribution in [2.45, 2.75) is 6.92 Å². The zero-order valence-electron chi connectivity index (χ0n) is 10.7. The predicted octanol–water partition coefficient (Wildman–Crippen LogP) is 3.35. The normalized spacial score (nSPS) is 10.1. The van der Waals surface area contributed by atoms with E-state index in [1.54, 1.807) is 18.2 Å². The van der Waals surface area contributed by atoms with E-state index < -0.39 is 16.4 Å². The van der Waals surface area contributed by atoms with Crippen LogP contribution in [-0.4, -0.2) is 16.5 Å². The first kappa shape index (κ1) is 13.7. The smallest absolute Gasteiger partial charge is 0.305 e. The van der Waals surface area contributed by atoms with Crippen molar-refractivity contribution < 1.29 is 14.1 Å². The molecule has 0 amide bonds. The van der Waals surface area contributed by atoms with Crippen molar-refractivity contribution in [2.24, 2.45) is 0 Å². The van der Waals surface area contributed by atoms with Gasteiger partial charge in [-0.25, -0.2) is 0 Å². The lowest BCUT2D eigenvalue weighted by Crippen LogP contribution is -1.99. The number of aromatic nitrogens is 1. The van der Waals surface area contributed by atoms with Gasteiger partial charge in [0.15, 0.2) is 0 Å². The monoisotopic (exact) mass is 277 g/mol. The molecule has 2 rings (SSSR count). The maximum absolute atomic E-state index is 13.4. The number of nitrogens with one attached hydrogen (secondary N) is 1. The van der Waals surface area contributed by atoms with Gasteiger partial charge in [-0.1, -0.05) is 6.07 Å². The number of pyridine rings is 1. The molecule has 6 nitrogen and oxygen atoms in total. The van der Waals surface area contributed by atoms with E-state index in [2.05, 4.69) is 10.3 Å². The standard InChI is InChI=1S/C13H12FN3O3/c1-2-15-12-4-3-5-13(16-12)20-9-6-7-11(17(18)19)10(14)8-9/h3-8H,2H2,1H3,(H,15,16). The van der Waals surface area contributed by atoms with Crippen LogP contribution in [0.4, 0.5) is 15.9 Å². The van der Waals surface area contributed by atoms with Crippen molar-refractivity contribution in [3.63, 3.8) is 0 Å². The van der Waals surface area contributed by atoms with E-state index >= 15 is 0 Å². The molecule has 0 atom stereocenters.